The minimum atomic E-state index is -0.350. The first-order valence-electron chi connectivity index (χ1n) is 7.18. The Kier molecular flexibility index (Phi) is 4.09. The maximum absolute atomic E-state index is 14.3. The number of ether oxygens (including phenoxy) is 2. The minimum Gasteiger partial charge on any atom is -0.497 e. The van der Waals surface area contributed by atoms with E-state index in [0.717, 1.165) is 18.4 Å². The molecule has 6 heteroatoms. The van der Waals surface area contributed by atoms with Crippen LogP contribution in [-0.4, -0.2) is 24.2 Å². The molecule has 1 saturated carbocycles. The molecule has 0 saturated heterocycles. The normalized spacial score (nSPS) is 13.8. The molecule has 1 aliphatic rings. The van der Waals surface area contributed by atoms with E-state index in [1.54, 1.807) is 20.3 Å². The first-order chi connectivity index (χ1) is 10.7. The minimum absolute atomic E-state index is 0.231. The van der Waals surface area contributed by atoms with E-state index in [9.17, 15) is 4.39 Å². The van der Waals surface area contributed by atoms with Gasteiger partial charge in [-0.15, -0.1) is 0 Å². The zero-order chi connectivity index (χ0) is 15.5. The number of methoxy groups -OCH3 is 2. The fourth-order valence-electron chi connectivity index (χ4n) is 2.32. The fraction of sp³-hybridized carbons (Fsp3) is 0.375. The third-order valence-electron chi connectivity index (χ3n) is 3.72. The number of hydrogen-bond donors (Lipinski definition) is 1. The summed E-state index contributed by atoms with van der Waals surface area (Å²) < 4.78 is 24.8. The van der Waals surface area contributed by atoms with E-state index in [4.69, 9.17) is 9.47 Å². The predicted octanol–water partition coefficient (Wildman–Crippen LogP) is 3.12. The Morgan fingerprint density at radius 3 is 2.73 bits per heavy atom. The van der Waals surface area contributed by atoms with Gasteiger partial charge in [0.15, 0.2) is 11.6 Å². The quantitative estimate of drug-likeness (QED) is 0.888. The van der Waals surface area contributed by atoms with Gasteiger partial charge in [0, 0.05) is 24.1 Å². The standard InChI is InChI=1S/C16H18FN3O2/c1-21-12-6-5-11(13(7-12)22-2)8-18-16-14(17)15(10-3-4-10)19-9-20-16/h5-7,9-10H,3-4,8H2,1-2H3,(H,18,19,20). The van der Waals surface area contributed by atoms with Crippen LogP contribution >= 0.6 is 0 Å². The molecule has 0 spiro atoms. The summed E-state index contributed by atoms with van der Waals surface area (Å²) in [7, 11) is 3.19. The summed E-state index contributed by atoms with van der Waals surface area (Å²) >= 11 is 0. The van der Waals surface area contributed by atoms with Gasteiger partial charge in [-0.05, 0) is 25.0 Å². The zero-order valence-electron chi connectivity index (χ0n) is 12.6. The van der Waals surface area contributed by atoms with Crippen molar-refractivity contribution in [3.8, 4) is 11.5 Å². The molecular weight excluding hydrogens is 285 g/mol. The molecule has 1 heterocycles. The van der Waals surface area contributed by atoms with Crippen molar-refractivity contribution in [3.05, 3.63) is 41.6 Å². The molecule has 22 heavy (non-hydrogen) atoms. The summed E-state index contributed by atoms with van der Waals surface area (Å²) in [6.07, 6.45) is 3.41. The molecule has 116 valence electrons. The molecule has 1 fully saturated rings. The van der Waals surface area contributed by atoms with Gasteiger partial charge in [-0.2, -0.15) is 0 Å². The second-order valence-corrected chi connectivity index (χ2v) is 5.23. The first kappa shape index (κ1) is 14.6. The van der Waals surface area contributed by atoms with Crippen LogP contribution in [0.1, 0.15) is 30.0 Å². The molecule has 0 atom stereocenters. The van der Waals surface area contributed by atoms with Crippen LogP contribution < -0.4 is 14.8 Å². The van der Waals surface area contributed by atoms with Crippen molar-refractivity contribution in [2.24, 2.45) is 0 Å². The second kappa shape index (κ2) is 6.17. The van der Waals surface area contributed by atoms with Crippen LogP contribution in [0.5, 0.6) is 11.5 Å². The highest BCUT2D eigenvalue weighted by atomic mass is 19.1. The molecule has 2 aromatic rings. The molecule has 1 aromatic heterocycles. The molecule has 1 aliphatic carbocycles. The van der Waals surface area contributed by atoms with E-state index in [-0.39, 0.29) is 17.6 Å². The number of nitrogens with one attached hydrogen (secondary N) is 1. The van der Waals surface area contributed by atoms with E-state index in [2.05, 4.69) is 15.3 Å². The number of rotatable bonds is 6. The van der Waals surface area contributed by atoms with Gasteiger partial charge in [-0.3, -0.25) is 0 Å². The van der Waals surface area contributed by atoms with Crippen molar-refractivity contribution in [2.75, 3.05) is 19.5 Å². The Hall–Kier alpha value is -2.37. The van der Waals surface area contributed by atoms with Crippen LogP contribution in [0.3, 0.4) is 0 Å². The van der Waals surface area contributed by atoms with Gasteiger partial charge in [0.2, 0.25) is 0 Å². The lowest BCUT2D eigenvalue weighted by Crippen LogP contribution is -2.07. The average Bonchev–Trinajstić information content (AvgIpc) is 3.38. The molecule has 0 aliphatic heterocycles. The highest BCUT2D eigenvalue weighted by Crippen LogP contribution is 2.40. The third kappa shape index (κ3) is 2.95. The smallest absolute Gasteiger partial charge is 0.187 e. The number of benzene rings is 1. The maximum Gasteiger partial charge on any atom is 0.187 e. The van der Waals surface area contributed by atoms with Crippen molar-refractivity contribution in [3.63, 3.8) is 0 Å². The van der Waals surface area contributed by atoms with Crippen LogP contribution in [0.2, 0.25) is 0 Å². The molecule has 1 N–H and O–H groups in total. The van der Waals surface area contributed by atoms with Crippen LogP contribution in [-0.2, 0) is 6.54 Å². The van der Waals surface area contributed by atoms with Gasteiger partial charge in [0.1, 0.15) is 17.8 Å². The third-order valence-corrected chi connectivity index (χ3v) is 3.72. The van der Waals surface area contributed by atoms with Gasteiger partial charge < -0.3 is 14.8 Å². The van der Waals surface area contributed by atoms with Crippen molar-refractivity contribution >= 4 is 5.82 Å². The van der Waals surface area contributed by atoms with Crippen LogP contribution in [0.4, 0.5) is 10.2 Å². The van der Waals surface area contributed by atoms with Crippen molar-refractivity contribution < 1.29 is 13.9 Å². The Labute approximate surface area is 128 Å². The lowest BCUT2D eigenvalue weighted by Gasteiger charge is -2.12. The number of halogens is 1. The lowest BCUT2D eigenvalue weighted by molar-refractivity contribution is 0.391. The summed E-state index contributed by atoms with van der Waals surface area (Å²) in [5, 5.41) is 3.02. The Bertz CT molecular complexity index is 674. The van der Waals surface area contributed by atoms with E-state index < -0.39 is 0 Å². The van der Waals surface area contributed by atoms with E-state index in [1.165, 1.54) is 6.33 Å². The van der Waals surface area contributed by atoms with Gasteiger partial charge in [0.25, 0.3) is 0 Å². The second-order valence-electron chi connectivity index (χ2n) is 5.23. The average molecular weight is 303 g/mol. The summed E-state index contributed by atoms with van der Waals surface area (Å²) in [5.41, 5.74) is 1.41. The monoisotopic (exact) mass is 303 g/mol. The highest BCUT2D eigenvalue weighted by Gasteiger charge is 2.29. The summed E-state index contributed by atoms with van der Waals surface area (Å²) in [6, 6.07) is 5.51. The van der Waals surface area contributed by atoms with E-state index in [1.807, 2.05) is 12.1 Å². The number of hydrogen-bond acceptors (Lipinski definition) is 5. The fourth-order valence-corrected chi connectivity index (χ4v) is 2.32. The molecule has 0 unspecified atom stereocenters. The number of aromatic nitrogens is 2. The largest absolute Gasteiger partial charge is 0.497 e. The molecule has 0 bridgehead atoms. The summed E-state index contributed by atoms with van der Waals surface area (Å²) in [5.74, 6) is 1.53. The Morgan fingerprint density at radius 2 is 2.05 bits per heavy atom. The van der Waals surface area contributed by atoms with Crippen LogP contribution in [0.25, 0.3) is 0 Å². The van der Waals surface area contributed by atoms with E-state index >= 15 is 0 Å². The first-order valence-corrected chi connectivity index (χ1v) is 7.18. The van der Waals surface area contributed by atoms with Crippen molar-refractivity contribution in [1.82, 2.24) is 9.97 Å². The molecule has 0 radical (unpaired) electrons. The molecule has 5 nitrogen and oxygen atoms in total. The maximum atomic E-state index is 14.3. The summed E-state index contributed by atoms with van der Waals surface area (Å²) in [6.45, 7) is 0.408. The number of nitrogens with zero attached hydrogens (tertiary/aromatic N) is 2. The molecule has 3 rings (SSSR count). The van der Waals surface area contributed by atoms with Gasteiger partial charge in [-0.25, -0.2) is 14.4 Å². The SMILES string of the molecule is COc1ccc(CNc2ncnc(C3CC3)c2F)c(OC)c1. The molecular formula is C16H18FN3O2. The summed E-state index contributed by atoms with van der Waals surface area (Å²) in [4.78, 5) is 8.04. The number of anilines is 1. The molecule has 0 amide bonds. The van der Waals surface area contributed by atoms with Crippen LogP contribution in [0.15, 0.2) is 24.5 Å². The Morgan fingerprint density at radius 1 is 1.23 bits per heavy atom. The van der Waals surface area contributed by atoms with Gasteiger partial charge in [-0.1, -0.05) is 0 Å². The topological polar surface area (TPSA) is 56.3 Å². The van der Waals surface area contributed by atoms with Gasteiger partial charge in [0.05, 0.1) is 19.9 Å². The molecule has 1 aromatic carbocycles. The Balaban J connectivity index is 1.76. The van der Waals surface area contributed by atoms with Crippen LogP contribution in [0, 0.1) is 5.82 Å². The van der Waals surface area contributed by atoms with Gasteiger partial charge >= 0.3 is 0 Å². The zero-order valence-corrected chi connectivity index (χ0v) is 12.6. The highest BCUT2D eigenvalue weighted by molar-refractivity contribution is 5.45. The predicted molar refractivity (Wildman–Crippen MR) is 80.8 cm³/mol. The van der Waals surface area contributed by atoms with Crippen molar-refractivity contribution in [2.45, 2.75) is 25.3 Å². The van der Waals surface area contributed by atoms with E-state index in [0.29, 0.717) is 23.7 Å². The lowest BCUT2D eigenvalue weighted by atomic mass is 10.2. The van der Waals surface area contributed by atoms with Crippen molar-refractivity contribution in [1.29, 1.82) is 0 Å².